The van der Waals surface area contributed by atoms with E-state index in [2.05, 4.69) is 9.64 Å². The minimum Gasteiger partial charge on any atom is -0.469 e. The van der Waals surface area contributed by atoms with Crippen LogP contribution in [0.15, 0.2) is 18.2 Å². The van der Waals surface area contributed by atoms with Crippen LogP contribution in [-0.2, 0) is 16.1 Å². The number of hydrogen-bond acceptors (Lipinski definition) is 3. The zero-order valence-corrected chi connectivity index (χ0v) is 11.2. The smallest absolute Gasteiger partial charge is 0.306 e. The van der Waals surface area contributed by atoms with Crippen molar-refractivity contribution in [2.75, 3.05) is 20.2 Å². The summed E-state index contributed by atoms with van der Waals surface area (Å²) in [4.78, 5) is 13.2. The first-order valence-electron chi connectivity index (χ1n) is 6.11. The van der Waals surface area contributed by atoms with Gasteiger partial charge in [0.05, 0.1) is 13.5 Å². The topological polar surface area (TPSA) is 29.5 Å². The lowest BCUT2D eigenvalue weighted by Crippen LogP contribution is -2.26. The molecule has 0 aliphatic heterocycles. The molecule has 1 aromatic carbocycles. The first-order valence-corrected chi connectivity index (χ1v) is 6.11. The molecule has 100 valence electrons. The normalized spacial score (nSPS) is 10.7. The van der Waals surface area contributed by atoms with E-state index in [1.807, 2.05) is 13.8 Å². The van der Waals surface area contributed by atoms with Crippen molar-refractivity contribution >= 4 is 5.97 Å². The first-order chi connectivity index (χ1) is 8.56. The molecule has 3 nitrogen and oxygen atoms in total. The average Bonchev–Trinajstić information content (AvgIpc) is 2.37. The van der Waals surface area contributed by atoms with Crippen LogP contribution in [-0.4, -0.2) is 31.1 Å². The maximum Gasteiger partial charge on any atom is 0.306 e. The first kappa shape index (κ1) is 14.6. The largest absolute Gasteiger partial charge is 0.469 e. The van der Waals surface area contributed by atoms with Crippen LogP contribution in [0.3, 0.4) is 0 Å². The number of rotatable bonds is 6. The van der Waals surface area contributed by atoms with Crippen LogP contribution in [0, 0.1) is 12.7 Å². The second-order valence-corrected chi connectivity index (χ2v) is 4.27. The summed E-state index contributed by atoms with van der Waals surface area (Å²) in [6, 6.07) is 4.79. The van der Waals surface area contributed by atoms with Gasteiger partial charge in [-0.2, -0.15) is 0 Å². The SMILES string of the molecule is CCN(CCC(=O)OC)Cc1cc(F)ccc1C. The Balaban J connectivity index is 2.62. The second-order valence-electron chi connectivity index (χ2n) is 4.27. The Bertz CT molecular complexity index is 407. The summed E-state index contributed by atoms with van der Waals surface area (Å²) in [7, 11) is 1.38. The molecule has 1 aromatic rings. The predicted octanol–water partition coefficient (Wildman–Crippen LogP) is 2.52. The van der Waals surface area contributed by atoms with Crippen molar-refractivity contribution in [1.29, 1.82) is 0 Å². The molecule has 1 rings (SSSR count). The second kappa shape index (κ2) is 7.11. The van der Waals surface area contributed by atoms with Gasteiger partial charge in [0.15, 0.2) is 0 Å². The van der Waals surface area contributed by atoms with Gasteiger partial charge >= 0.3 is 5.97 Å². The highest BCUT2D eigenvalue weighted by molar-refractivity contribution is 5.69. The standard InChI is InChI=1S/C14H20FNO2/c1-4-16(8-7-14(17)18-3)10-12-9-13(15)6-5-11(12)2/h5-6,9H,4,7-8,10H2,1-3H3. The number of hydrogen-bond donors (Lipinski definition) is 0. The van der Waals surface area contributed by atoms with Gasteiger partial charge in [-0.3, -0.25) is 9.69 Å². The lowest BCUT2D eigenvalue weighted by molar-refractivity contribution is -0.141. The van der Waals surface area contributed by atoms with Gasteiger partial charge in [0.1, 0.15) is 5.82 Å². The molecule has 0 aliphatic carbocycles. The van der Waals surface area contributed by atoms with Crippen LogP contribution in [0.2, 0.25) is 0 Å². The van der Waals surface area contributed by atoms with E-state index < -0.39 is 0 Å². The summed E-state index contributed by atoms with van der Waals surface area (Å²) in [5, 5.41) is 0. The Morgan fingerprint density at radius 3 is 2.78 bits per heavy atom. The molecular formula is C14H20FNO2. The van der Waals surface area contributed by atoms with Crippen molar-refractivity contribution in [3.05, 3.63) is 35.1 Å². The summed E-state index contributed by atoms with van der Waals surface area (Å²) in [5.41, 5.74) is 2.02. The molecule has 0 saturated carbocycles. The Morgan fingerprint density at radius 1 is 1.44 bits per heavy atom. The Hall–Kier alpha value is -1.42. The Kier molecular flexibility index (Phi) is 5.78. The van der Waals surface area contributed by atoms with Gasteiger partial charge in [0, 0.05) is 13.1 Å². The molecule has 0 aliphatic rings. The van der Waals surface area contributed by atoms with Crippen molar-refractivity contribution in [1.82, 2.24) is 4.90 Å². The fourth-order valence-electron chi connectivity index (χ4n) is 1.75. The molecule has 0 unspecified atom stereocenters. The van der Waals surface area contributed by atoms with E-state index in [1.165, 1.54) is 13.2 Å². The van der Waals surface area contributed by atoms with Crippen molar-refractivity contribution in [3.63, 3.8) is 0 Å². The molecule has 0 atom stereocenters. The van der Waals surface area contributed by atoms with Crippen LogP contribution in [0.1, 0.15) is 24.5 Å². The van der Waals surface area contributed by atoms with Gasteiger partial charge in [0.2, 0.25) is 0 Å². The fourth-order valence-corrected chi connectivity index (χ4v) is 1.75. The van der Waals surface area contributed by atoms with E-state index in [9.17, 15) is 9.18 Å². The zero-order chi connectivity index (χ0) is 13.5. The van der Waals surface area contributed by atoms with E-state index in [1.54, 1.807) is 12.1 Å². The van der Waals surface area contributed by atoms with Gasteiger partial charge < -0.3 is 4.74 Å². The third-order valence-corrected chi connectivity index (χ3v) is 3.01. The van der Waals surface area contributed by atoms with Gasteiger partial charge in [-0.1, -0.05) is 13.0 Å². The van der Waals surface area contributed by atoms with Crippen LogP contribution in [0.4, 0.5) is 4.39 Å². The lowest BCUT2D eigenvalue weighted by atomic mass is 10.1. The lowest BCUT2D eigenvalue weighted by Gasteiger charge is -2.20. The molecular weight excluding hydrogens is 233 g/mol. The highest BCUT2D eigenvalue weighted by Gasteiger charge is 2.09. The number of carbonyl (C=O) groups is 1. The summed E-state index contributed by atoms with van der Waals surface area (Å²) < 4.78 is 17.8. The average molecular weight is 253 g/mol. The summed E-state index contributed by atoms with van der Waals surface area (Å²) in [6.45, 7) is 6.07. The molecule has 0 amide bonds. The highest BCUT2D eigenvalue weighted by Crippen LogP contribution is 2.13. The molecule has 0 bridgehead atoms. The summed E-state index contributed by atoms with van der Waals surface area (Å²) in [6.07, 6.45) is 0.360. The maximum atomic E-state index is 13.2. The minimum atomic E-state index is -0.223. The van der Waals surface area contributed by atoms with Crippen molar-refractivity contribution in [2.45, 2.75) is 26.8 Å². The van der Waals surface area contributed by atoms with E-state index in [-0.39, 0.29) is 11.8 Å². The zero-order valence-electron chi connectivity index (χ0n) is 11.2. The third kappa shape index (κ3) is 4.45. The number of carbonyl (C=O) groups excluding carboxylic acids is 1. The summed E-state index contributed by atoms with van der Waals surface area (Å²) in [5.74, 6) is -0.441. The fraction of sp³-hybridized carbons (Fsp3) is 0.500. The molecule has 18 heavy (non-hydrogen) atoms. The number of aryl methyl sites for hydroxylation is 1. The van der Waals surface area contributed by atoms with Crippen molar-refractivity contribution in [3.8, 4) is 0 Å². The molecule has 0 saturated heterocycles. The van der Waals surface area contributed by atoms with E-state index in [4.69, 9.17) is 0 Å². The molecule has 4 heteroatoms. The number of esters is 1. The van der Waals surface area contributed by atoms with Gasteiger partial charge in [-0.15, -0.1) is 0 Å². The maximum absolute atomic E-state index is 13.2. The van der Waals surface area contributed by atoms with Crippen LogP contribution in [0.5, 0.6) is 0 Å². The minimum absolute atomic E-state index is 0.218. The number of ether oxygens (including phenoxy) is 1. The number of benzene rings is 1. The number of halogens is 1. The van der Waals surface area contributed by atoms with Crippen LogP contribution >= 0.6 is 0 Å². The van der Waals surface area contributed by atoms with Gasteiger partial charge in [-0.25, -0.2) is 4.39 Å². The Morgan fingerprint density at radius 2 is 2.17 bits per heavy atom. The molecule has 0 fully saturated rings. The van der Waals surface area contributed by atoms with Crippen molar-refractivity contribution < 1.29 is 13.9 Å². The molecule has 0 aromatic heterocycles. The van der Waals surface area contributed by atoms with Gasteiger partial charge in [-0.05, 0) is 36.7 Å². The van der Waals surface area contributed by atoms with E-state index in [0.29, 0.717) is 19.5 Å². The highest BCUT2D eigenvalue weighted by atomic mass is 19.1. The quantitative estimate of drug-likeness (QED) is 0.730. The van der Waals surface area contributed by atoms with Crippen molar-refractivity contribution in [2.24, 2.45) is 0 Å². The number of methoxy groups -OCH3 is 1. The third-order valence-electron chi connectivity index (χ3n) is 3.01. The molecule has 0 heterocycles. The predicted molar refractivity (Wildman–Crippen MR) is 68.7 cm³/mol. The van der Waals surface area contributed by atoms with Crippen LogP contribution < -0.4 is 0 Å². The molecule has 0 radical (unpaired) electrons. The van der Waals surface area contributed by atoms with E-state index >= 15 is 0 Å². The monoisotopic (exact) mass is 253 g/mol. The summed E-state index contributed by atoms with van der Waals surface area (Å²) >= 11 is 0. The van der Waals surface area contributed by atoms with Gasteiger partial charge in [0.25, 0.3) is 0 Å². The van der Waals surface area contributed by atoms with Crippen LogP contribution in [0.25, 0.3) is 0 Å². The molecule has 0 N–H and O–H groups in total. The number of nitrogens with zero attached hydrogens (tertiary/aromatic N) is 1. The Labute approximate surface area is 108 Å². The molecule has 0 spiro atoms. The van der Waals surface area contributed by atoms with E-state index in [0.717, 1.165) is 17.7 Å².